The predicted molar refractivity (Wildman–Crippen MR) is 100 cm³/mol. The second-order valence-corrected chi connectivity index (χ2v) is 7.27. The average Bonchev–Trinajstić information content (AvgIpc) is 3.04. The van der Waals surface area contributed by atoms with Crippen LogP contribution in [0.15, 0.2) is 23.1 Å². The van der Waals surface area contributed by atoms with Gasteiger partial charge in [-0.3, -0.25) is 14.4 Å². The van der Waals surface area contributed by atoms with Gasteiger partial charge in [-0.1, -0.05) is 6.58 Å². The van der Waals surface area contributed by atoms with Gasteiger partial charge >= 0.3 is 0 Å². The van der Waals surface area contributed by atoms with Gasteiger partial charge in [-0.25, -0.2) is 0 Å². The first kappa shape index (κ1) is 19.2. The quantitative estimate of drug-likeness (QED) is 0.755. The minimum atomic E-state index is -0.163. The van der Waals surface area contributed by atoms with Crippen LogP contribution in [-0.2, 0) is 9.59 Å². The van der Waals surface area contributed by atoms with E-state index in [-0.39, 0.29) is 23.6 Å². The number of carbonyl (C=O) groups excluding carboxylic acids is 3. The van der Waals surface area contributed by atoms with Crippen LogP contribution in [0, 0.1) is 19.8 Å². The average molecular weight is 373 g/mol. The number of furan rings is 1. The fourth-order valence-electron chi connectivity index (χ4n) is 3.91. The smallest absolute Gasteiger partial charge is 0.257 e. The maximum absolute atomic E-state index is 12.9. The lowest BCUT2D eigenvalue weighted by Crippen LogP contribution is -2.54. The highest BCUT2D eigenvalue weighted by molar-refractivity contribution is 5.95. The summed E-state index contributed by atoms with van der Waals surface area (Å²) in [5, 5.41) is 0. The van der Waals surface area contributed by atoms with Gasteiger partial charge in [-0.15, -0.1) is 0 Å². The van der Waals surface area contributed by atoms with E-state index in [0.717, 1.165) is 18.6 Å². The van der Waals surface area contributed by atoms with Gasteiger partial charge < -0.3 is 19.1 Å². The molecule has 1 unspecified atom stereocenters. The monoisotopic (exact) mass is 373 g/mol. The molecule has 3 amide bonds. The van der Waals surface area contributed by atoms with E-state index in [1.54, 1.807) is 22.8 Å². The van der Waals surface area contributed by atoms with Gasteiger partial charge in [0.25, 0.3) is 5.91 Å². The summed E-state index contributed by atoms with van der Waals surface area (Å²) in [4.78, 5) is 42.6. The summed E-state index contributed by atoms with van der Waals surface area (Å²) < 4.78 is 5.45. The Morgan fingerprint density at radius 2 is 1.74 bits per heavy atom. The summed E-state index contributed by atoms with van der Waals surface area (Å²) in [5.74, 6) is 1.11. The summed E-state index contributed by atoms with van der Waals surface area (Å²) in [5.41, 5.74) is 0.595. The zero-order chi connectivity index (χ0) is 19.6. The number of aryl methyl sites for hydroxylation is 2. The molecular formula is C20H27N3O4. The summed E-state index contributed by atoms with van der Waals surface area (Å²) in [6.45, 7) is 10.3. The molecule has 7 heteroatoms. The third kappa shape index (κ3) is 4.07. The maximum Gasteiger partial charge on any atom is 0.257 e. The first-order chi connectivity index (χ1) is 12.9. The van der Waals surface area contributed by atoms with Crippen LogP contribution in [0.25, 0.3) is 0 Å². The van der Waals surface area contributed by atoms with E-state index < -0.39 is 0 Å². The molecule has 0 spiro atoms. The molecule has 1 aromatic rings. The number of hydrogen-bond acceptors (Lipinski definition) is 4. The molecule has 2 aliphatic heterocycles. The fraction of sp³-hybridized carbons (Fsp3) is 0.550. The van der Waals surface area contributed by atoms with Crippen LogP contribution < -0.4 is 0 Å². The molecule has 1 aromatic heterocycles. The number of piperidine rings is 1. The van der Waals surface area contributed by atoms with Gasteiger partial charge in [0.05, 0.1) is 11.5 Å². The van der Waals surface area contributed by atoms with Crippen LogP contribution in [0.5, 0.6) is 0 Å². The highest BCUT2D eigenvalue weighted by atomic mass is 16.3. The molecule has 0 radical (unpaired) electrons. The summed E-state index contributed by atoms with van der Waals surface area (Å²) in [7, 11) is 0. The van der Waals surface area contributed by atoms with Crippen LogP contribution >= 0.6 is 0 Å². The van der Waals surface area contributed by atoms with Crippen molar-refractivity contribution < 1.29 is 18.8 Å². The van der Waals surface area contributed by atoms with Crippen molar-refractivity contribution in [3.63, 3.8) is 0 Å². The van der Waals surface area contributed by atoms with E-state index in [4.69, 9.17) is 4.42 Å². The maximum atomic E-state index is 12.9. The van der Waals surface area contributed by atoms with E-state index in [0.29, 0.717) is 50.6 Å². The van der Waals surface area contributed by atoms with Crippen LogP contribution in [0.4, 0.5) is 0 Å². The second-order valence-electron chi connectivity index (χ2n) is 7.27. The van der Waals surface area contributed by atoms with Crippen LogP contribution in [0.1, 0.15) is 34.7 Å². The van der Waals surface area contributed by atoms with Crippen molar-refractivity contribution in [3.8, 4) is 0 Å². The third-order valence-corrected chi connectivity index (χ3v) is 5.41. The Bertz CT molecular complexity index is 746. The van der Waals surface area contributed by atoms with Gasteiger partial charge in [0, 0.05) is 39.3 Å². The topological polar surface area (TPSA) is 74.1 Å². The first-order valence-electron chi connectivity index (χ1n) is 9.47. The van der Waals surface area contributed by atoms with Crippen molar-refractivity contribution in [2.75, 3.05) is 39.3 Å². The van der Waals surface area contributed by atoms with E-state index in [1.165, 1.54) is 6.08 Å². The normalized spacial score (nSPS) is 20.5. The fourth-order valence-corrected chi connectivity index (χ4v) is 3.91. The highest BCUT2D eigenvalue weighted by Gasteiger charge is 2.33. The molecule has 146 valence electrons. The molecule has 2 fully saturated rings. The largest absolute Gasteiger partial charge is 0.466 e. The standard InChI is InChI=1S/C20H27N3O4/c1-4-18(24)23-7-5-6-16(13-23)19(25)21-8-10-22(11-9-21)20(26)17-12-14(2)27-15(17)3/h4,12,16H,1,5-11,13H2,2-3H3. The number of carbonyl (C=O) groups is 3. The molecule has 0 N–H and O–H groups in total. The molecule has 7 nitrogen and oxygen atoms in total. The van der Waals surface area contributed by atoms with Gasteiger partial charge in [-0.2, -0.15) is 0 Å². The van der Waals surface area contributed by atoms with Crippen LogP contribution in [-0.4, -0.2) is 71.7 Å². The second kappa shape index (κ2) is 7.98. The van der Waals surface area contributed by atoms with Crippen molar-refractivity contribution in [2.24, 2.45) is 5.92 Å². The van der Waals surface area contributed by atoms with E-state index in [2.05, 4.69) is 6.58 Å². The SMILES string of the molecule is C=CC(=O)N1CCCC(C(=O)N2CCN(C(=O)c3cc(C)oc3C)CC2)C1. The van der Waals surface area contributed by atoms with E-state index in [9.17, 15) is 14.4 Å². The molecule has 2 saturated heterocycles. The Labute approximate surface area is 159 Å². The lowest BCUT2D eigenvalue weighted by Gasteiger charge is -2.38. The van der Waals surface area contributed by atoms with E-state index in [1.807, 2.05) is 11.8 Å². The molecule has 1 atom stereocenters. The Morgan fingerprint density at radius 1 is 1.07 bits per heavy atom. The lowest BCUT2D eigenvalue weighted by atomic mass is 9.96. The van der Waals surface area contributed by atoms with Crippen molar-refractivity contribution in [2.45, 2.75) is 26.7 Å². The molecule has 0 bridgehead atoms. The number of likely N-dealkylation sites (tertiary alicyclic amines) is 1. The Kier molecular flexibility index (Phi) is 5.68. The van der Waals surface area contributed by atoms with Crippen LogP contribution in [0.3, 0.4) is 0 Å². The third-order valence-electron chi connectivity index (χ3n) is 5.41. The first-order valence-corrected chi connectivity index (χ1v) is 9.47. The zero-order valence-corrected chi connectivity index (χ0v) is 16.1. The number of hydrogen-bond donors (Lipinski definition) is 0. The molecule has 0 saturated carbocycles. The van der Waals surface area contributed by atoms with Gasteiger partial charge in [0.15, 0.2) is 0 Å². The Hall–Kier alpha value is -2.57. The van der Waals surface area contributed by atoms with E-state index >= 15 is 0 Å². The molecule has 3 heterocycles. The Morgan fingerprint density at radius 3 is 2.33 bits per heavy atom. The Balaban J connectivity index is 1.56. The van der Waals surface area contributed by atoms with Crippen molar-refractivity contribution in [1.82, 2.24) is 14.7 Å². The summed E-state index contributed by atoms with van der Waals surface area (Å²) in [6.07, 6.45) is 2.93. The molecule has 0 aliphatic carbocycles. The number of amides is 3. The summed E-state index contributed by atoms with van der Waals surface area (Å²) in [6, 6.07) is 1.77. The predicted octanol–water partition coefficient (Wildman–Crippen LogP) is 1.61. The number of rotatable bonds is 3. The minimum Gasteiger partial charge on any atom is -0.466 e. The van der Waals surface area contributed by atoms with Crippen molar-refractivity contribution in [1.29, 1.82) is 0 Å². The highest BCUT2D eigenvalue weighted by Crippen LogP contribution is 2.21. The van der Waals surface area contributed by atoms with Gasteiger partial charge in [0.2, 0.25) is 11.8 Å². The molecule has 3 rings (SSSR count). The van der Waals surface area contributed by atoms with Gasteiger partial charge in [-0.05, 0) is 38.8 Å². The van der Waals surface area contributed by atoms with Crippen molar-refractivity contribution in [3.05, 3.63) is 35.8 Å². The molecule has 27 heavy (non-hydrogen) atoms. The number of piperazine rings is 1. The zero-order valence-electron chi connectivity index (χ0n) is 16.1. The van der Waals surface area contributed by atoms with Crippen molar-refractivity contribution >= 4 is 17.7 Å². The minimum absolute atomic E-state index is 0.0446. The van der Waals surface area contributed by atoms with Gasteiger partial charge in [0.1, 0.15) is 11.5 Å². The number of nitrogens with zero attached hydrogens (tertiary/aromatic N) is 3. The molecular weight excluding hydrogens is 346 g/mol. The molecule has 0 aromatic carbocycles. The lowest BCUT2D eigenvalue weighted by molar-refractivity contribution is -0.140. The molecule has 2 aliphatic rings. The summed E-state index contributed by atoms with van der Waals surface area (Å²) >= 11 is 0. The van der Waals surface area contributed by atoms with Crippen LogP contribution in [0.2, 0.25) is 0 Å².